The molecule has 0 unspecified atom stereocenters. The maximum absolute atomic E-state index is 14.8. The number of nitrogens with one attached hydrogen (secondary N) is 1. The van der Waals surface area contributed by atoms with Crippen molar-refractivity contribution >= 4 is 40.5 Å². The van der Waals surface area contributed by atoms with Gasteiger partial charge in [-0.3, -0.25) is 24.1 Å². The summed E-state index contributed by atoms with van der Waals surface area (Å²) in [6.07, 6.45) is 4.45. The maximum Gasteiger partial charge on any atom is 0.226 e. The molecule has 1 aliphatic heterocycles. The molecule has 0 saturated carbocycles. The molecule has 0 aliphatic carbocycles. The summed E-state index contributed by atoms with van der Waals surface area (Å²) in [5.74, 6) is -1.44. The second-order valence-corrected chi connectivity index (χ2v) is 20.9. The highest BCUT2D eigenvalue weighted by molar-refractivity contribution is 7.09. The van der Waals surface area contributed by atoms with Crippen LogP contribution in [0.4, 0.5) is 5.69 Å². The van der Waals surface area contributed by atoms with Gasteiger partial charge >= 0.3 is 0 Å². The lowest BCUT2D eigenvalue weighted by Gasteiger charge is -2.41. The highest BCUT2D eigenvalue weighted by Gasteiger charge is 2.43. The molecule has 372 valence electrons. The molecule has 1 aliphatic rings. The van der Waals surface area contributed by atoms with Gasteiger partial charge in [-0.1, -0.05) is 97.4 Å². The standard InChI is InChI=1S/C54H84N6O6S/c1-15-38(8)50(59(12)54(64)43(35(2)3)33-46(61)49(36(4)5)57(10)30-27-40-23-25-42(26-24-40)58(11)37(6)7)47(65-13)34-48(62)60-29-19-22-45(60)51(66-14)39(9)52(63)56-44(53-55-28-31-67-53)32-41-20-17-16-18-21-41/h16-18,20-21,23-26,28,31,35-39,43-45,47,49-51H,15,19,22,27,29-30,32-34H2,1-14H3,(H,56,63)/t38-,39+,43-,44-,45-,47+,49-,50-,51+/m0/s1. The van der Waals surface area contributed by atoms with E-state index >= 15 is 0 Å². The van der Waals surface area contributed by atoms with Gasteiger partial charge in [-0.25, -0.2) is 4.98 Å². The van der Waals surface area contributed by atoms with Crippen LogP contribution in [0.1, 0.15) is 117 Å². The third kappa shape index (κ3) is 14.9. The van der Waals surface area contributed by atoms with Crippen molar-refractivity contribution in [3.05, 3.63) is 82.3 Å². The summed E-state index contributed by atoms with van der Waals surface area (Å²) >= 11 is 1.51. The number of amides is 3. The smallest absolute Gasteiger partial charge is 0.226 e. The number of carbonyl (C=O) groups is 4. The van der Waals surface area contributed by atoms with Crippen molar-refractivity contribution in [1.29, 1.82) is 0 Å². The number of methoxy groups -OCH3 is 2. The fourth-order valence-corrected chi connectivity index (χ4v) is 10.7. The van der Waals surface area contributed by atoms with Gasteiger partial charge in [-0.15, -0.1) is 11.3 Å². The largest absolute Gasteiger partial charge is 0.379 e. The molecular weight excluding hydrogens is 861 g/mol. The number of rotatable bonds is 27. The van der Waals surface area contributed by atoms with Crippen molar-refractivity contribution in [3.8, 4) is 0 Å². The van der Waals surface area contributed by atoms with Gasteiger partial charge in [0.25, 0.3) is 0 Å². The number of hydrogen-bond donors (Lipinski definition) is 1. The fourth-order valence-electron chi connectivity index (χ4n) is 10.0. The van der Waals surface area contributed by atoms with Gasteiger partial charge in [0.15, 0.2) is 5.78 Å². The molecule has 1 aromatic heterocycles. The summed E-state index contributed by atoms with van der Waals surface area (Å²) in [4.78, 5) is 70.2. The molecule has 67 heavy (non-hydrogen) atoms. The van der Waals surface area contributed by atoms with Gasteiger partial charge in [-0.2, -0.15) is 0 Å². The van der Waals surface area contributed by atoms with E-state index in [9.17, 15) is 19.2 Å². The van der Waals surface area contributed by atoms with Crippen LogP contribution in [0.5, 0.6) is 0 Å². The van der Waals surface area contributed by atoms with E-state index in [-0.39, 0.29) is 72.2 Å². The summed E-state index contributed by atoms with van der Waals surface area (Å²) in [7, 11) is 9.14. The second-order valence-electron chi connectivity index (χ2n) is 20.0. The average Bonchev–Trinajstić information content (AvgIpc) is 4.03. The van der Waals surface area contributed by atoms with Gasteiger partial charge in [-0.05, 0) is 87.6 Å². The fraction of sp³-hybridized carbons (Fsp3) is 0.648. The van der Waals surface area contributed by atoms with Crippen molar-refractivity contribution < 1.29 is 28.7 Å². The zero-order valence-electron chi connectivity index (χ0n) is 43.2. The zero-order chi connectivity index (χ0) is 49.5. The number of Topliss-reactive ketones (excluding diaryl/α,β-unsaturated/α-hetero) is 1. The molecule has 3 amide bonds. The highest BCUT2D eigenvalue weighted by atomic mass is 32.1. The van der Waals surface area contributed by atoms with Crippen molar-refractivity contribution in [2.75, 3.05) is 53.4 Å². The van der Waals surface area contributed by atoms with E-state index in [2.05, 4.69) is 93.0 Å². The molecule has 1 N–H and O–H groups in total. The molecule has 12 nitrogen and oxygen atoms in total. The number of nitrogens with zero attached hydrogens (tertiary/aromatic N) is 5. The Morgan fingerprint density at radius 2 is 1.54 bits per heavy atom. The van der Waals surface area contributed by atoms with Crippen molar-refractivity contribution in [3.63, 3.8) is 0 Å². The molecule has 2 heterocycles. The van der Waals surface area contributed by atoms with Gasteiger partial charge in [0.2, 0.25) is 17.7 Å². The molecule has 2 aromatic carbocycles. The van der Waals surface area contributed by atoms with E-state index in [0.29, 0.717) is 32.0 Å². The molecule has 9 atom stereocenters. The third-order valence-corrected chi connectivity index (χ3v) is 15.3. The monoisotopic (exact) mass is 945 g/mol. The number of likely N-dealkylation sites (tertiary alicyclic amines) is 1. The molecular formula is C54H84N6O6S. The van der Waals surface area contributed by atoms with E-state index in [1.54, 1.807) is 25.3 Å². The van der Waals surface area contributed by atoms with Crippen molar-refractivity contribution in [1.82, 2.24) is 25.0 Å². The van der Waals surface area contributed by atoms with Crippen molar-refractivity contribution in [2.24, 2.45) is 29.6 Å². The number of thiazole rings is 1. The molecule has 1 fully saturated rings. The third-order valence-electron chi connectivity index (χ3n) is 14.5. The number of likely N-dealkylation sites (N-methyl/N-ethyl adjacent to an activating group) is 2. The molecule has 13 heteroatoms. The lowest BCUT2D eigenvalue weighted by atomic mass is 9.83. The molecule has 3 aromatic rings. The maximum atomic E-state index is 14.8. The second kappa shape index (κ2) is 26.5. The molecule has 0 bridgehead atoms. The topological polar surface area (TPSA) is 125 Å². The first-order chi connectivity index (χ1) is 31.8. The van der Waals surface area contributed by atoms with Gasteiger partial charge < -0.3 is 29.5 Å². The summed E-state index contributed by atoms with van der Waals surface area (Å²) < 4.78 is 12.3. The Balaban J connectivity index is 1.45. The first kappa shape index (κ1) is 55.4. The Kier molecular flexibility index (Phi) is 22.0. The van der Waals surface area contributed by atoms with Crippen LogP contribution in [-0.4, -0.2) is 128 Å². The predicted molar refractivity (Wildman–Crippen MR) is 272 cm³/mol. The predicted octanol–water partition coefficient (Wildman–Crippen LogP) is 8.74. The van der Waals surface area contributed by atoms with E-state index in [1.807, 2.05) is 75.5 Å². The van der Waals surface area contributed by atoms with Gasteiger partial charge in [0.1, 0.15) is 5.01 Å². The van der Waals surface area contributed by atoms with Crippen LogP contribution in [0, 0.1) is 29.6 Å². The van der Waals surface area contributed by atoms with Crippen LogP contribution in [0.25, 0.3) is 0 Å². The van der Waals surface area contributed by atoms with E-state index in [1.165, 1.54) is 22.6 Å². The number of ether oxygens (including phenoxy) is 2. The number of carbonyl (C=O) groups excluding carboxylic acids is 4. The van der Waals surface area contributed by atoms with E-state index < -0.39 is 30.1 Å². The minimum atomic E-state index is -0.602. The number of aromatic nitrogens is 1. The Morgan fingerprint density at radius 1 is 0.866 bits per heavy atom. The average molecular weight is 945 g/mol. The summed E-state index contributed by atoms with van der Waals surface area (Å²) in [6, 6.07) is 17.7. The molecule has 0 radical (unpaired) electrons. The summed E-state index contributed by atoms with van der Waals surface area (Å²) in [5, 5.41) is 6.00. The Morgan fingerprint density at radius 3 is 2.09 bits per heavy atom. The van der Waals surface area contributed by atoms with Gasteiger partial charge in [0.05, 0.1) is 48.7 Å². The van der Waals surface area contributed by atoms with E-state index in [4.69, 9.17) is 9.47 Å². The zero-order valence-corrected chi connectivity index (χ0v) is 44.1. The van der Waals surface area contributed by atoms with Crippen molar-refractivity contribution in [2.45, 2.75) is 150 Å². The first-order valence-corrected chi connectivity index (χ1v) is 25.6. The summed E-state index contributed by atoms with van der Waals surface area (Å²) in [6.45, 7) is 19.8. The SMILES string of the molecule is CC[C@H](C)[C@@H]([C@@H](CC(=O)N1CCC[C@H]1[C@H](OC)[C@@H](C)C(=O)N[C@@H](Cc1ccccc1)c1nccs1)OC)N(C)C(=O)[C@@H](CC(=O)[C@H](C(C)C)N(C)CCc1ccc(N(C)C(C)C)cc1)C(C)C. The number of anilines is 1. The van der Waals surface area contributed by atoms with E-state index in [0.717, 1.165) is 29.8 Å². The van der Waals surface area contributed by atoms with Crippen LogP contribution in [0.15, 0.2) is 66.2 Å². The lowest BCUT2D eigenvalue weighted by Crippen LogP contribution is -2.54. The van der Waals surface area contributed by atoms with Gasteiger partial charge in [0, 0.05) is 77.0 Å². The van der Waals surface area contributed by atoms with Crippen LogP contribution >= 0.6 is 11.3 Å². The highest BCUT2D eigenvalue weighted by Crippen LogP contribution is 2.32. The molecule has 4 rings (SSSR count). The first-order valence-electron chi connectivity index (χ1n) is 24.7. The minimum absolute atomic E-state index is 0.00363. The number of hydrogen-bond acceptors (Lipinski definition) is 10. The minimum Gasteiger partial charge on any atom is -0.379 e. The Labute approximate surface area is 407 Å². The van der Waals surface area contributed by atoms with Crippen LogP contribution in [0.2, 0.25) is 0 Å². The number of ketones is 1. The Hall–Kier alpha value is -4.17. The van der Waals surface area contributed by atoms with Crippen LogP contribution in [-0.2, 0) is 41.5 Å². The van der Waals surface area contributed by atoms with Crippen LogP contribution in [0.3, 0.4) is 0 Å². The van der Waals surface area contributed by atoms with Crippen LogP contribution < -0.4 is 10.2 Å². The Bertz CT molecular complexity index is 1960. The molecule has 0 spiro atoms. The summed E-state index contributed by atoms with van der Waals surface area (Å²) in [5.41, 5.74) is 3.49. The quantitative estimate of drug-likeness (QED) is 0.0800. The number of benzene rings is 2. The lowest BCUT2D eigenvalue weighted by molar-refractivity contribution is -0.149. The molecule has 1 saturated heterocycles. The normalized spacial score (nSPS) is 17.8.